The Morgan fingerprint density at radius 3 is 2.45 bits per heavy atom. The summed E-state index contributed by atoms with van der Waals surface area (Å²) in [6.45, 7) is 7.71. The predicted octanol–water partition coefficient (Wildman–Crippen LogP) is 2.12. The number of hydrogen-bond donors (Lipinski definition) is 2. The molecule has 0 aliphatic carbocycles. The van der Waals surface area contributed by atoms with Crippen LogP contribution in [0.5, 0.6) is 0 Å². The molecule has 20 heavy (non-hydrogen) atoms. The average Bonchev–Trinajstić information content (AvgIpc) is 2.66. The molecule has 1 heterocycles. The lowest BCUT2D eigenvalue weighted by molar-refractivity contribution is 0.580. The molecule has 0 fully saturated rings. The topological polar surface area (TPSA) is 74.8 Å². The molecule has 0 atom stereocenters. The smallest absolute Gasteiger partial charge is 0.241 e. The Morgan fingerprint density at radius 2 is 1.90 bits per heavy atom. The minimum atomic E-state index is -3.51. The van der Waals surface area contributed by atoms with E-state index in [9.17, 15) is 8.42 Å². The summed E-state index contributed by atoms with van der Waals surface area (Å²) in [4.78, 5) is 0.321. The van der Waals surface area contributed by atoms with Gasteiger partial charge in [-0.25, -0.2) is 13.1 Å². The minimum Gasteiger partial charge on any atom is -0.282 e. The maximum absolute atomic E-state index is 12.3. The van der Waals surface area contributed by atoms with Crippen LogP contribution in [-0.2, 0) is 16.6 Å². The molecular formula is C14H19N3O2S. The summed E-state index contributed by atoms with van der Waals surface area (Å²) in [7, 11) is -3.51. The summed E-state index contributed by atoms with van der Waals surface area (Å²) in [5.74, 6) is 0. The van der Waals surface area contributed by atoms with Crippen LogP contribution >= 0.6 is 0 Å². The fraction of sp³-hybridized carbons (Fsp3) is 0.357. The summed E-state index contributed by atoms with van der Waals surface area (Å²) < 4.78 is 27.3. The molecule has 2 rings (SSSR count). The molecule has 108 valence electrons. The average molecular weight is 293 g/mol. The number of aromatic amines is 1. The second kappa shape index (κ2) is 5.38. The Balaban J connectivity index is 2.24. The van der Waals surface area contributed by atoms with E-state index >= 15 is 0 Å². The number of H-pyrrole nitrogens is 1. The van der Waals surface area contributed by atoms with E-state index in [2.05, 4.69) is 14.9 Å². The van der Waals surface area contributed by atoms with Crippen molar-refractivity contribution in [2.24, 2.45) is 0 Å². The van der Waals surface area contributed by atoms with Gasteiger partial charge in [-0.15, -0.1) is 0 Å². The molecule has 1 aromatic carbocycles. The van der Waals surface area contributed by atoms with E-state index in [4.69, 9.17) is 0 Å². The van der Waals surface area contributed by atoms with E-state index in [-0.39, 0.29) is 6.54 Å². The standard InChI is InChI=1S/C14H19N3O2S/c1-9-5-6-14(10(2)7-9)20(18,19)15-8-13-11(3)16-17-12(13)4/h5-7,15H,8H2,1-4H3,(H,16,17). The lowest BCUT2D eigenvalue weighted by Gasteiger charge is -2.10. The first-order chi connectivity index (χ1) is 9.31. The third kappa shape index (κ3) is 2.91. The minimum absolute atomic E-state index is 0.240. The zero-order valence-electron chi connectivity index (χ0n) is 12.1. The van der Waals surface area contributed by atoms with Gasteiger partial charge in [0, 0.05) is 17.8 Å². The first-order valence-electron chi connectivity index (χ1n) is 6.38. The van der Waals surface area contributed by atoms with Gasteiger partial charge in [0.2, 0.25) is 10.0 Å². The van der Waals surface area contributed by atoms with Gasteiger partial charge in [0.15, 0.2) is 0 Å². The fourth-order valence-electron chi connectivity index (χ4n) is 2.18. The van der Waals surface area contributed by atoms with Crippen molar-refractivity contribution in [1.29, 1.82) is 0 Å². The predicted molar refractivity (Wildman–Crippen MR) is 78.0 cm³/mol. The summed E-state index contributed by atoms with van der Waals surface area (Å²) >= 11 is 0. The quantitative estimate of drug-likeness (QED) is 0.906. The van der Waals surface area contributed by atoms with E-state index in [0.29, 0.717) is 4.90 Å². The van der Waals surface area contributed by atoms with Crippen molar-refractivity contribution in [2.75, 3.05) is 0 Å². The molecule has 0 bridgehead atoms. The zero-order valence-corrected chi connectivity index (χ0v) is 12.9. The van der Waals surface area contributed by atoms with Gasteiger partial charge >= 0.3 is 0 Å². The Bertz CT molecular complexity index is 713. The van der Waals surface area contributed by atoms with Crippen molar-refractivity contribution in [2.45, 2.75) is 39.1 Å². The lowest BCUT2D eigenvalue weighted by Crippen LogP contribution is -2.24. The zero-order chi connectivity index (χ0) is 14.9. The van der Waals surface area contributed by atoms with Crippen molar-refractivity contribution in [3.05, 3.63) is 46.3 Å². The highest BCUT2D eigenvalue weighted by Gasteiger charge is 2.17. The highest BCUT2D eigenvalue weighted by atomic mass is 32.2. The monoisotopic (exact) mass is 293 g/mol. The highest BCUT2D eigenvalue weighted by Crippen LogP contribution is 2.17. The number of aryl methyl sites for hydroxylation is 4. The van der Waals surface area contributed by atoms with Crippen molar-refractivity contribution >= 4 is 10.0 Å². The molecule has 0 saturated heterocycles. The maximum atomic E-state index is 12.3. The van der Waals surface area contributed by atoms with E-state index < -0.39 is 10.0 Å². The van der Waals surface area contributed by atoms with Gasteiger partial charge in [0.25, 0.3) is 0 Å². The Kier molecular flexibility index (Phi) is 3.96. The summed E-state index contributed by atoms with van der Waals surface area (Å²) in [6, 6.07) is 5.31. The summed E-state index contributed by atoms with van der Waals surface area (Å²) in [5, 5.41) is 6.91. The fourth-order valence-corrected chi connectivity index (χ4v) is 3.40. The van der Waals surface area contributed by atoms with Crippen LogP contribution in [0.3, 0.4) is 0 Å². The van der Waals surface area contributed by atoms with Crippen LogP contribution in [0.1, 0.15) is 28.1 Å². The Hall–Kier alpha value is -1.66. The van der Waals surface area contributed by atoms with Gasteiger partial charge in [0.1, 0.15) is 0 Å². The number of sulfonamides is 1. The molecule has 0 spiro atoms. The van der Waals surface area contributed by atoms with Gasteiger partial charge in [-0.1, -0.05) is 17.7 Å². The van der Waals surface area contributed by atoms with Crippen LogP contribution < -0.4 is 4.72 Å². The van der Waals surface area contributed by atoms with Crippen molar-refractivity contribution in [1.82, 2.24) is 14.9 Å². The summed E-state index contributed by atoms with van der Waals surface area (Å²) in [6.07, 6.45) is 0. The maximum Gasteiger partial charge on any atom is 0.241 e. The second-order valence-electron chi connectivity index (χ2n) is 5.01. The van der Waals surface area contributed by atoms with Gasteiger partial charge in [-0.2, -0.15) is 5.10 Å². The summed E-state index contributed by atoms with van der Waals surface area (Å²) in [5.41, 5.74) is 4.37. The molecule has 0 radical (unpaired) electrons. The lowest BCUT2D eigenvalue weighted by atomic mass is 10.2. The molecule has 1 aromatic heterocycles. The first-order valence-corrected chi connectivity index (χ1v) is 7.87. The molecule has 0 unspecified atom stereocenters. The van der Waals surface area contributed by atoms with Gasteiger partial charge < -0.3 is 0 Å². The second-order valence-corrected chi connectivity index (χ2v) is 6.74. The van der Waals surface area contributed by atoms with E-state index in [1.807, 2.05) is 26.8 Å². The van der Waals surface area contributed by atoms with Crippen LogP contribution in [-0.4, -0.2) is 18.6 Å². The molecule has 0 aliphatic heterocycles. The number of aromatic nitrogens is 2. The molecule has 0 saturated carbocycles. The third-order valence-electron chi connectivity index (χ3n) is 3.34. The van der Waals surface area contributed by atoms with Crippen LogP contribution in [0, 0.1) is 27.7 Å². The van der Waals surface area contributed by atoms with Crippen LogP contribution in [0.15, 0.2) is 23.1 Å². The molecule has 2 aromatic rings. The Morgan fingerprint density at radius 1 is 1.20 bits per heavy atom. The molecule has 6 heteroatoms. The molecule has 0 amide bonds. The van der Waals surface area contributed by atoms with E-state index in [0.717, 1.165) is 28.1 Å². The van der Waals surface area contributed by atoms with Crippen LogP contribution in [0.25, 0.3) is 0 Å². The largest absolute Gasteiger partial charge is 0.282 e. The molecular weight excluding hydrogens is 274 g/mol. The van der Waals surface area contributed by atoms with E-state index in [1.165, 1.54) is 0 Å². The number of rotatable bonds is 4. The van der Waals surface area contributed by atoms with Crippen LogP contribution in [0.4, 0.5) is 0 Å². The van der Waals surface area contributed by atoms with Gasteiger partial charge in [0.05, 0.1) is 10.6 Å². The number of hydrogen-bond acceptors (Lipinski definition) is 3. The molecule has 5 nitrogen and oxygen atoms in total. The number of nitrogens with zero attached hydrogens (tertiary/aromatic N) is 1. The van der Waals surface area contributed by atoms with E-state index in [1.54, 1.807) is 19.1 Å². The molecule has 2 N–H and O–H groups in total. The van der Waals surface area contributed by atoms with Gasteiger partial charge in [-0.05, 0) is 39.3 Å². The normalized spacial score (nSPS) is 11.8. The molecule has 0 aliphatic rings. The van der Waals surface area contributed by atoms with Crippen molar-refractivity contribution < 1.29 is 8.42 Å². The van der Waals surface area contributed by atoms with Crippen LogP contribution in [0.2, 0.25) is 0 Å². The van der Waals surface area contributed by atoms with Crippen molar-refractivity contribution in [3.63, 3.8) is 0 Å². The highest BCUT2D eigenvalue weighted by molar-refractivity contribution is 7.89. The number of nitrogens with one attached hydrogen (secondary N) is 2. The Labute approximate surface area is 119 Å². The SMILES string of the molecule is Cc1ccc(S(=O)(=O)NCc2c(C)n[nH]c2C)c(C)c1. The first kappa shape index (κ1) is 14.7. The van der Waals surface area contributed by atoms with Gasteiger partial charge in [-0.3, -0.25) is 5.10 Å². The van der Waals surface area contributed by atoms with Crippen molar-refractivity contribution in [3.8, 4) is 0 Å². The number of benzene rings is 1. The third-order valence-corrected chi connectivity index (χ3v) is 4.90.